The lowest BCUT2D eigenvalue weighted by Crippen LogP contribution is -2.38. The van der Waals surface area contributed by atoms with E-state index in [9.17, 15) is 10.0 Å². The third-order valence-corrected chi connectivity index (χ3v) is 5.21. The van der Waals surface area contributed by atoms with Gasteiger partial charge in [0.2, 0.25) is 0 Å². The molecule has 2 aliphatic heterocycles. The van der Waals surface area contributed by atoms with Crippen molar-refractivity contribution in [1.82, 2.24) is 9.96 Å². The van der Waals surface area contributed by atoms with Gasteiger partial charge in [0.1, 0.15) is 18.7 Å². The fraction of sp³-hybridized carbons (Fsp3) is 0.304. The normalized spacial score (nSPS) is 22.2. The molecule has 156 valence electrons. The molecule has 1 aromatic carbocycles. The number of nitrogens with zero attached hydrogens (tertiary/aromatic N) is 3. The third kappa shape index (κ3) is 4.76. The Bertz CT molecular complexity index is 968. The monoisotopic (exact) mass is 407 g/mol. The first-order chi connectivity index (χ1) is 14.6. The van der Waals surface area contributed by atoms with Gasteiger partial charge < -0.3 is 9.47 Å². The van der Waals surface area contributed by atoms with Crippen LogP contribution in [0.25, 0.3) is 5.70 Å². The molecule has 0 spiro atoms. The summed E-state index contributed by atoms with van der Waals surface area (Å²) >= 11 is 0. The quantitative estimate of drug-likeness (QED) is 0.809. The topological polar surface area (TPSA) is 74.6 Å². The van der Waals surface area contributed by atoms with Gasteiger partial charge in [0.15, 0.2) is 5.78 Å². The highest BCUT2D eigenvalue weighted by molar-refractivity contribution is 6.05. The smallest absolute Gasteiger partial charge is 0.181 e. The maximum absolute atomic E-state index is 11.7. The number of hydroxylamine groups is 2. The molecule has 1 N–H and O–H groups in total. The number of aliphatic imine (C=N–C) groups is 1. The van der Waals surface area contributed by atoms with Crippen molar-refractivity contribution < 1.29 is 19.5 Å². The van der Waals surface area contributed by atoms with Gasteiger partial charge in [-0.2, -0.15) is 0 Å². The summed E-state index contributed by atoms with van der Waals surface area (Å²) in [5, 5.41) is 11.3. The molecule has 0 radical (unpaired) electrons. The van der Waals surface area contributed by atoms with Crippen LogP contribution in [0.3, 0.4) is 0 Å². The number of carbonyl (C=O) groups excluding carboxylic acids is 1. The van der Waals surface area contributed by atoms with Crippen LogP contribution in [-0.4, -0.2) is 66.7 Å². The second kappa shape index (κ2) is 9.21. The van der Waals surface area contributed by atoms with Crippen LogP contribution in [0.2, 0.25) is 0 Å². The summed E-state index contributed by atoms with van der Waals surface area (Å²) in [6.07, 6.45) is 8.24. The van der Waals surface area contributed by atoms with E-state index in [2.05, 4.69) is 9.89 Å². The van der Waals surface area contributed by atoms with Crippen molar-refractivity contribution in [2.24, 2.45) is 4.99 Å². The molecule has 1 aliphatic carbocycles. The molecule has 1 aromatic rings. The minimum absolute atomic E-state index is 0.00550. The van der Waals surface area contributed by atoms with E-state index in [-0.39, 0.29) is 5.78 Å². The molecule has 1 fully saturated rings. The SMILES string of the molecule is CC1=CC(=C2C=C(c3cccc(OCCN4CCOCC4)c3)N(O)C=N2)C=CC1=O. The zero-order chi connectivity index (χ0) is 20.9. The molecule has 1 saturated heterocycles. The second-order valence-corrected chi connectivity index (χ2v) is 7.31. The number of hydrogen-bond donors (Lipinski definition) is 1. The van der Waals surface area contributed by atoms with Gasteiger partial charge >= 0.3 is 0 Å². The minimum atomic E-state index is -0.00550. The number of hydrogen-bond acceptors (Lipinski definition) is 7. The van der Waals surface area contributed by atoms with Gasteiger partial charge in [-0.15, -0.1) is 0 Å². The first-order valence-electron chi connectivity index (χ1n) is 10.0. The number of benzene rings is 1. The standard InChI is InChI=1S/C23H25N3O4/c1-17-13-18(5-6-23(17)27)21-15-22(26(28)16-24-21)19-3-2-4-20(14-19)30-12-9-25-7-10-29-11-8-25/h2-6,13-16,28H,7-12H2,1H3. The van der Waals surface area contributed by atoms with Crippen LogP contribution in [-0.2, 0) is 9.53 Å². The van der Waals surface area contributed by atoms with Crippen molar-refractivity contribution in [3.05, 3.63) is 71.0 Å². The van der Waals surface area contributed by atoms with Crippen molar-refractivity contribution in [2.45, 2.75) is 6.92 Å². The molecule has 2 heterocycles. The van der Waals surface area contributed by atoms with Crippen LogP contribution >= 0.6 is 0 Å². The summed E-state index contributed by atoms with van der Waals surface area (Å²) in [6, 6.07) is 7.61. The van der Waals surface area contributed by atoms with Crippen molar-refractivity contribution >= 4 is 17.8 Å². The zero-order valence-corrected chi connectivity index (χ0v) is 17.0. The van der Waals surface area contributed by atoms with Crippen LogP contribution in [0.5, 0.6) is 5.75 Å². The molecule has 0 atom stereocenters. The minimum Gasteiger partial charge on any atom is -0.492 e. The summed E-state index contributed by atoms with van der Waals surface area (Å²) in [4.78, 5) is 18.3. The number of rotatable bonds is 5. The van der Waals surface area contributed by atoms with Crippen LogP contribution in [0.1, 0.15) is 12.5 Å². The summed E-state index contributed by atoms with van der Waals surface area (Å²) in [7, 11) is 0. The van der Waals surface area contributed by atoms with E-state index in [0.717, 1.165) is 54.8 Å². The van der Waals surface area contributed by atoms with E-state index in [0.29, 0.717) is 23.6 Å². The summed E-state index contributed by atoms with van der Waals surface area (Å²) < 4.78 is 11.3. The summed E-state index contributed by atoms with van der Waals surface area (Å²) in [6.45, 7) is 6.62. The van der Waals surface area contributed by atoms with E-state index in [1.54, 1.807) is 25.2 Å². The summed E-state index contributed by atoms with van der Waals surface area (Å²) in [5.41, 5.74) is 3.56. The van der Waals surface area contributed by atoms with Crippen LogP contribution in [0.15, 0.2) is 70.4 Å². The molecule has 0 aromatic heterocycles. The lowest BCUT2D eigenvalue weighted by atomic mass is 9.99. The first kappa shape index (κ1) is 20.3. The predicted molar refractivity (Wildman–Crippen MR) is 114 cm³/mol. The molecule has 7 nitrogen and oxygen atoms in total. The molecule has 4 rings (SSSR count). The number of allylic oxidation sites excluding steroid dienone is 6. The van der Waals surface area contributed by atoms with E-state index in [4.69, 9.17) is 9.47 Å². The highest BCUT2D eigenvalue weighted by Crippen LogP contribution is 2.28. The Hall–Kier alpha value is -3.00. The molecule has 0 amide bonds. The Morgan fingerprint density at radius 3 is 2.83 bits per heavy atom. The fourth-order valence-corrected chi connectivity index (χ4v) is 3.46. The second-order valence-electron chi connectivity index (χ2n) is 7.31. The fourth-order valence-electron chi connectivity index (χ4n) is 3.46. The van der Waals surface area contributed by atoms with Crippen LogP contribution in [0.4, 0.5) is 0 Å². The highest BCUT2D eigenvalue weighted by atomic mass is 16.5. The van der Waals surface area contributed by atoms with Crippen LogP contribution < -0.4 is 4.74 Å². The maximum Gasteiger partial charge on any atom is 0.181 e. The number of ether oxygens (including phenoxy) is 2. The van der Waals surface area contributed by atoms with Crippen molar-refractivity contribution in [1.29, 1.82) is 0 Å². The molecule has 0 saturated carbocycles. The summed E-state index contributed by atoms with van der Waals surface area (Å²) in [5.74, 6) is 0.736. The average Bonchev–Trinajstić information content (AvgIpc) is 2.77. The molecule has 0 bridgehead atoms. The van der Waals surface area contributed by atoms with Gasteiger partial charge in [0.05, 0.1) is 24.6 Å². The molecule has 3 aliphatic rings. The van der Waals surface area contributed by atoms with E-state index in [1.807, 2.05) is 24.3 Å². The van der Waals surface area contributed by atoms with Gasteiger partial charge in [-0.3, -0.25) is 14.9 Å². The molecule has 30 heavy (non-hydrogen) atoms. The Labute approximate surface area is 175 Å². The Morgan fingerprint density at radius 2 is 2.03 bits per heavy atom. The van der Waals surface area contributed by atoms with E-state index in [1.165, 1.54) is 12.4 Å². The van der Waals surface area contributed by atoms with Crippen molar-refractivity contribution in [3.8, 4) is 5.75 Å². The van der Waals surface area contributed by atoms with Gasteiger partial charge in [0, 0.05) is 30.8 Å². The maximum atomic E-state index is 11.7. The largest absolute Gasteiger partial charge is 0.492 e. The van der Waals surface area contributed by atoms with Gasteiger partial charge in [0.25, 0.3) is 0 Å². The van der Waals surface area contributed by atoms with Gasteiger partial charge in [-0.05, 0) is 48.9 Å². The Kier molecular flexibility index (Phi) is 6.23. The number of ketones is 1. The Balaban J connectivity index is 1.50. The first-order valence-corrected chi connectivity index (χ1v) is 10.0. The highest BCUT2D eigenvalue weighted by Gasteiger charge is 2.17. The molecular weight excluding hydrogens is 382 g/mol. The Morgan fingerprint density at radius 1 is 1.20 bits per heavy atom. The number of morpholine rings is 1. The van der Waals surface area contributed by atoms with E-state index < -0.39 is 0 Å². The van der Waals surface area contributed by atoms with Gasteiger partial charge in [-0.25, -0.2) is 10.1 Å². The zero-order valence-electron chi connectivity index (χ0n) is 17.0. The molecule has 0 unspecified atom stereocenters. The van der Waals surface area contributed by atoms with Crippen LogP contribution in [0, 0.1) is 0 Å². The van der Waals surface area contributed by atoms with E-state index >= 15 is 0 Å². The molecular formula is C23H25N3O4. The average molecular weight is 407 g/mol. The molecule has 7 heteroatoms. The lowest BCUT2D eigenvalue weighted by molar-refractivity contribution is -0.111. The van der Waals surface area contributed by atoms with Crippen molar-refractivity contribution in [3.63, 3.8) is 0 Å². The predicted octanol–water partition coefficient (Wildman–Crippen LogP) is 2.81. The number of carbonyl (C=O) groups is 1. The van der Waals surface area contributed by atoms with Crippen molar-refractivity contribution in [2.75, 3.05) is 39.5 Å². The van der Waals surface area contributed by atoms with Gasteiger partial charge in [-0.1, -0.05) is 12.1 Å². The lowest BCUT2D eigenvalue weighted by Gasteiger charge is -2.26. The third-order valence-electron chi connectivity index (χ3n) is 5.21.